The van der Waals surface area contributed by atoms with E-state index in [9.17, 15) is 13.2 Å². The van der Waals surface area contributed by atoms with Crippen LogP contribution in [0.2, 0.25) is 0 Å². The lowest BCUT2D eigenvalue weighted by atomic mass is 9.87. The van der Waals surface area contributed by atoms with Gasteiger partial charge in [-0.25, -0.2) is 8.42 Å². The predicted octanol–water partition coefficient (Wildman–Crippen LogP) is 3.34. The molecule has 1 saturated heterocycles. The van der Waals surface area contributed by atoms with Crippen LogP contribution in [0.1, 0.15) is 31.9 Å². The van der Waals surface area contributed by atoms with Crippen LogP contribution in [0.4, 0.5) is 5.69 Å². The number of hydrogen-bond acceptors (Lipinski definition) is 6. The van der Waals surface area contributed by atoms with Crippen molar-refractivity contribution in [2.45, 2.75) is 31.1 Å². The van der Waals surface area contributed by atoms with Crippen LogP contribution in [-0.2, 0) is 20.2 Å². The van der Waals surface area contributed by atoms with Gasteiger partial charge in [-0.05, 0) is 40.8 Å². The number of sulfonamides is 1. The van der Waals surface area contributed by atoms with Gasteiger partial charge in [-0.1, -0.05) is 56.8 Å². The Morgan fingerprint density at radius 2 is 1.86 bits per heavy atom. The van der Waals surface area contributed by atoms with E-state index >= 15 is 0 Å². The van der Waals surface area contributed by atoms with E-state index in [-0.39, 0.29) is 16.2 Å². The Labute approximate surface area is 174 Å². The lowest BCUT2D eigenvalue weighted by Crippen LogP contribution is -2.19. The van der Waals surface area contributed by atoms with Gasteiger partial charge in [0, 0.05) is 5.69 Å². The van der Waals surface area contributed by atoms with Gasteiger partial charge in [-0.15, -0.1) is 5.10 Å². The maximum atomic E-state index is 12.7. The van der Waals surface area contributed by atoms with E-state index in [2.05, 4.69) is 41.0 Å². The summed E-state index contributed by atoms with van der Waals surface area (Å²) in [6.45, 7) is 6.23. The summed E-state index contributed by atoms with van der Waals surface area (Å²) in [7, 11) is -3.70. The first kappa shape index (κ1) is 21.1. The van der Waals surface area contributed by atoms with Gasteiger partial charge in [0.2, 0.25) is 5.91 Å². The molecule has 1 amide bonds. The predicted molar refractivity (Wildman–Crippen MR) is 118 cm³/mol. The second kappa shape index (κ2) is 8.38. The van der Waals surface area contributed by atoms with Gasteiger partial charge in [-0.2, -0.15) is 5.10 Å². The minimum atomic E-state index is -3.70. The van der Waals surface area contributed by atoms with Gasteiger partial charge in [0.05, 0.1) is 16.9 Å². The Morgan fingerprint density at radius 1 is 1.14 bits per heavy atom. The zero-order valence-corrected chi connectivity index (χ0v) is 18.0. The molecule has 0 atom stereocenters. The largest absolute Gasteiger partial charge is 0.303 e. The number of amidine groups is 1. The molecule has 1 heterocycles. The zero-order chi connectivity index (χ0) is 21.1. The summed E-state index contributed by atoms with van der Waals surface area (Å²) in [5, 5.41) is 10.9. The van der Waals surface area contributed by atoms with Gasteiger partial charge in [0.25, 0.3) is 10.0 Å². The van der Waals surface area contributed by atoms with Crippen molar-refractivity contribution < 1.29 is 13.2 Å². The summed E-state index contributed by atoms with van der Waals surface area (Å²) in [4.78, 5) is 11.3. The number of anilines is 1. The molecule has 2 N–H and O–H groups in total. The number of thioether (sulfide) groups is 1. The normalized spacial score (nSPS) is 16.4. The minimum absolute atomic E-state index is 0.0491. The molecular formula is C20H22N4O3S2. The molecule has 9 heteroatoms. The minimum Gasteiger partial charge on any atom is -0.303 e. The second-order valence-corrected chi connectivity index (χ2v) is 10.1. The Balaban J connectivity index is 1.72. The smallest absolute Gasteiger partial charge is 0.261 e. The van der Waals surface area contributed by atoms with E-state index in [1.165, 1.54) is 18.0 Å². The molecule has 1 aliphatic rings. The highest BCUT2D eigenvalue weighted by molar-refractivity contribution is 8.15. The summed E-state index contributed by atoms with van der Waals surface area (Å²) < 4.78 is 28.0. The molecule has 0 spiro atoms. The zero-order valence-electron chi connectivity index (χ0n) is 16.3. The Morgan fingerprint density at radius 3 is 2.48 bits per heavy atom. The number of nitrogens with one attached hydrogen (secondary N) is 2. The number of rotatable bonds is 5. The number of benzene rings is 2. The fourth-order valence-electron chi connectivity index (χ4n) is 2.56. The van der Waals surface area contributed by atoms with Gasteiger partial charge >= 0.3 is 0 Å². The average molecular weight is 431 g/mol. The van der Waals surface area contributed by atoms with Crippen molar-refractivity contribution in [1.29, 1.82) is 0 Å². The van der Waals surface area contributed by atoms with Crippen LogP contribution in [0.5, 0.6) is 0 Å². The standard InChI is InChI=1S/C20H22N4O3S2/c1-20(2,3)15-7-9-17(10-8-15)29(26,27)24-16-6-4-5-14(11-16)12-21-23-19-22-18(25)13-28-19/h4-12,24H,13H2,1-3H3,(H,22,23,25). The van der Waals surface area contributed by atoms with Crippen molar-refractivity contribution in [2.24, 2.45) is 10.2 Å². The summed E-state index contributed by atoms with van der Waals surface area (Å²) in [5.41, 5.74) is 2.11. The van der Waals surface area contributed by atoms with Crippen molar-refractivity contribution in [3.8, 4) is 0 Å². The fraction of sp³-hybridized carbons (Fsp3) is 0.250. The van der Waals surface area contributed by atoms with E-state index < -0.39 is 10.0 Å². The molecule has 2 aromatic carbocycles. The third-order valence-corrected chi connectivity index (χ3v) is 6.37. The molecule has 0 bridgehead atoms. The molecule has 0 aliphatic carbocycles. The molecule has 0 radical (unpaired) electrons. The third kappa shape index (κ3) is 5.68. The second-order valence-electron chi connectivity index (χ2n) is 7.49. The molecule has 0 aromatic heterocycles. The quantitative estimate of drug-likeness (QED) is 0.561. The summed E-state index contributed by atoms with van der Waals surface area (Å²) in [6, 6.07) is 13.7. The van der Waals surface area contributed by atoms with Crippen LogP contribution < -0.4 is 10.0 Å². The third-order valence-electron chi connectivity index (χ3n) is 4.11. The fourth-order valence-corrected chi connectivity index (χ4v) is 4.24. The van der Waals surface area contributed by atoms with E-state index in [1.54, 1.807) is 36.4 Å². The maximum Gasteiger partial charge on any atom is 0.261 e. The number of hydrogen-bond donors (Lipinski definition) is 2. The van der Waals surface area contributed by atoms with Crippen LogP contribution in [0, 0.1) is 0 Å². The van der Waals surface area contributed by atoms with Crippen LogP contribution in [0.3, 0.4) is 0 Å². The van der Waals surface area contributed by atoms with Crippen molar-refractivity contribution in [3.05, 3.63) is 59.7 Å². The maximum absolute atomic E-state index is 12.7. The summed E-state index contributed by atoms with van der Waals surface area (Å²) >= 11 is 1.28. The van der Waals surface area contributed by atoms with Crippen molar-refractivity contribution in [2.75, 3.05) is 10.5 Å². The molecule has 0 saturated carbocycles. The van der Waals surface area contributed by atoms with Crippen molar-refractivity contribution in [1.82, 2.24) is 5.32 Å². The Kier molecular flexibility index (Phi) is 6.09. The molecule has 29 heavy (non-hydrogen) atoms. The van der Waals surface area contributed by atoms with E-state index in [4.69, 9.17) is 0 Å². The van der Waals surface area contributed by atoms with Crippen molar-refractivity contribution >= 4 is 44.8 Å². The van der Waals surface area contributed by atoms with E-state index in [0.717, 1.165) is 5.56 Å². The van der Waals surface area contributed by atoms with Gasteiger partial charge in [0.15, 0.2) is 5.17 Å². The highest BCUT2D eigenvalue weighted by Gasteiger charge is 2.18. The highest BCUT2D eigenvalue weighted by Crippen LogP contribution is 2.24. The Hall–Kier alpha value is -2.65. The number of carbonyl (C=O) groups excluding carboxylic acids is 1. The topological polar surface area (TPSA) is 100.0 Å². The number of carbonyl (C=O) groups is 1. The monoisotopic (exact) mass is 430 g/mol. The molecule has 2 aromatic rings. The Bertz CT molecular complexity index is 1070. The molecule has 0 unspecified atom stereocenters. The van der Waals surface area contributed by atoms with Crippen LogP contribution >= 0.6 is 11.8 Å². The molecule has 3 rings (SSSR count). The number of amides is 1. The first-order valence-corrected chi connectivity index (χ1v) is 11.4. The molecule has 1 aliphatic heterocycles. The molecule has 1 fully saturated rings. The van der Waals surface area contributed by atoms with Crippen LogP contribution in [0.25, 0.3) is 0 Å². The van der Waals surface area contributed by atoms with E-state index in [0.29, 0.717) is 22.2 Å². The number of nitrogens with zero attached hydrogens (tertiary/aromatic N) is 2. The first-order chi connectivity index (χ1) is 13.6. The highest BCUT2D eigenvalue weighted by atomic mass is 32.2. The van der Waals surface area contributed by atoms with Crippen LogP contribution in [0.15, 0.2) is 63.6 Å². The average Bonchev–Trinajstić information content (AvgIpc) is 3.06. The molecule has 152 valence electrons. The van der Waals surface area contributed by atoms with Gasteiger partial charge < -0.3 is 5.32 Å². The van der Waals surface area contributed by atoms with Gasteiger partial charge in [0.1, 0.15) is 0 Å². The molecular weight excluding hydrogens is 408 g/mol. The SMILES string of the molecule is CC(C)(C)c1ccc(S(=O)(=O)Nc2cccc(C=NN=C3NC(=O)CS3)c2)cc1. The lowest BCUT2D eigenvalue weighted by Gasteiger charge is -2.19. The summed E-state index contributed by atoms with van der Waals surface area (Å²) in [5.74, 6) is 0.235. The van der Waals surface area contributed by atoms with Crippen LogP contribution in [-0.4, -0.2) is 31.5 Å². The van der Waals surface area contributed by atoms with Gasteiger partial charge in [-0.3, -0.25) is 9.52 Å². The first-order valence-electron chi connectivity index (χ1n) is 8.91. The molecule has 7 nitrogen and oxygen atoms in total. The lowest BCUT2D eigenvalue weighted by molar-refractivity contribution is -0.116. The summed E-state index contributed by atoms with van der Waals surface area (Å²) in [6.07, 6.45) is 1.49. The van der Waals surface area contributed by atoms with Crippen molar-refractivity contribution in [3.63, 3.8) is 0 Å². The van der Waals surface area contributed by atoms with E-state index in [1.807, 2.05) is 12.1 Å².